The third kappa shape index (κ3) is 2.44. The number of hydrogen-bond donors (Lipinski definition) is 0. The summed E-state index contributed by atoms with van der Waals surface area (Å²) in [5, 5.41) is 9.35. The van der Waals surface area contributed by atoms with Gasteiger partial charge < -0.3 is 9.30 Å². The molecule has 0 radical (unpaired) electrons. The van der Waals surface area contributed by atoms with Crippen molar-refractivity contribution in [2.45, 2.75) is 30.3 Å². The molecule has 2 aromatic rings. The summed E-state index contributed by atoms with van der Waals surface area (Å²) in [6, 6.07) is 10.7. The molecule has 1 heterocycles. The number of hydrogen-bond acceptors (Lipinski definition) is 3. The molecule has 0 N–H and O–H groups in total. The zero-order chi connectivity index (χ0) is 13.2. The van der Waals surface area contributed by atoms with Gasteiger partial charge in [-0.3, -0.25) is 0 Å². The van der Waals surface area contributed by atoms with Crippen molar-refractivity contribution >= 4 is 15.9 Å². The zero-order valence-electron chi connectivity index (χ0n) is 10.8. The summed E-state index contributed by atoms with van der Waals surface area (Å²) in [5.74, 6) is 1.89. The van der Waals surface area contributed by atoms with E-state index in [1.54, 1.807) is 7.11 Å². The van der Waals surface area contributed by atoms with Gasteiger partial charge in [0.2, 0.25) is 0 Å². The Kier molecular flexibility index (Phi) is 3.66. The molecular formula is C14H16BrN3O. The van der Waals surface area contributed by atoms with Crippen LogP contribution in [0.2, 0.25) is 0 Å². The van der Waals surface area contributed by atoms with Crippen molar-refractivity contribution in [3.63, 3.8) is 0 Å². The van der Waals surface area contributed by atoms with Gasteiger partial charge in [-0.2, -0.15) is 0 Å². The smallest absolute Gasteiger partial charge is 0.167 e. The first kappa shape index (κ1) is 12.8. The number of halogens is 1. The molecule has 1 fully saturated rings. The minimum atomic E-state index is -0.151. The molecule has 0 spiro atoms. The standard InChI is InChI=1S/C14H16BrN3O/c1-19-13(10-5-3-2-4-6-10)14-17-16-12(9-15)18(14)11-7-8-11/h2-6,11,13H,7-9H2,1H3. The highest BCUT2D eigenvalue weighted by Gasteiger charge is 2.32. The highest BCUT2D eigenvalue weighted by molar-refractivity contribution is 9.08. The van der Waals surface area contributed by atoms with Crippen LogP contribution >= 0.6 is 15.9 Å². The van der Waals surface area contributed by atoms with E-state index < -0.39 is 0 Å². The lowest BCUT2D eigenvalue weighted by Gasteiger charge is -2.17. The summed E-state index contributed by atoms with van der Waals surface area (Å²) in [7, 11) is 1.72. The van der Waals surface area contributed by atoms with Gasteiger partial charge in [-0.25, -0.2) is 0 Å². The largest absolute Gasteiger partial charge is 0.369 e. The summed E-state index contributed by atoms with van der Waals surface area (Å²) in [5.41, 5.74) is 1.11. The second-order valence-corrected chi connectivity index (χ2v) is 5.30. The molecule has 5 heteroatoms. The fourth-order valence-electron chi connectivity index (χ4n) is 2.36. The van der Waals surface area contributed by atoms with Gasteiger partial charge >= 0.3 is 0 Å². The molecule has 19 heavy (non-hydrogen) atoms. The molecule has 1 aromatic heterocycles. The molecule has 0 aliphatic heterocycles. The zero-order valence-corrected chi connectivity index (χ0v) is 12.4. The van der Waals surface area contributed by atoms with Gasteiger partial charge in [-0.05, 0) is 18.4 Å². The fourth-order valence-corrected chi connectivity index (χ4v) is 2.74. The molecular weight excluding hydrogens is 306 g/mol. The van der Waals surface area contributed by atoms with Crippen LogP contribution in [0.1, 0.15) is 42.2 Å². The highest BCUT2D eigenvalue weighted by atomic mass is 79.9. The second kappa shape index (κ2) is 5.43. The Morgan fingerprint density at radius 2 is 2.05 bits per heavy atom. The van der Waals surface area contributed by atoms with E-state index in [2.05, 4.69) is 42.8 Å². The number of alkyl halides is 1. The Morgan fingerprint density at radius 1 is 1.32 bits per heavy atom. The van der Waals surface area contributed by atoms with Crippen LogP contribution in [-0.2, 0) is 10.1 Å². The van der Waals surface area contributed by atoms with Crippen LogP contribution in [-0.4, -0.2) is 21.9 Å². The maximum atomic E-state index is 5.66. The summed E-state index contributed by atoms with van der Waals surface area (Å²) in [4.78, 5) is 0. The van der Waals surface area contributed by atoms with E-state index in [1.807, 2.05) is 18.2 Å². The molecule has 1 saturated carbocycles. The van der Waals surface area contributed by atoms with Crippen LogP contribution < -0.4 is 0 Å². The maximum Gasteiger partial charge on any atom is 0.167 e. The summed E-state index contributed by atoms with van der Waals surface area (Å²) in [6.07, 6.45) is 2.26. The van der Waals surface area contributed by atoms with Crippen molar-refractivity contribution in [3.8, 4) is 0 Å². The molecule has 1 aliphatic carbocycles. The average molecular weight is 322 g/mol. The molecule has 1 unspecified atom stereocenters. The minimum absolute atomic E-state index is 0.151. The van der Waals surface area contributed by atoms with Gasteiger partial charge in [0, 0.05) is 13.2 Å². The van der Waals surface area contributed by atoms with Crippen LogP contribution in [0.4, 0.5) is 0 Å². The second-order valence-electron chi connectivity index (χ2n) is 4.74. The molecule has 0 saturated heterocycles. The first-order chi connectivity index (χ1) is 9.35. The number of nitrogens with zero attached hydrogens (tertiary/aromatic N) is 3. The number of methoxy groups -OCH3 is 1. The minimum Gasteiger partial charge on any atom is -0.369 e. The highest BCUT2D eigenvalue weighted by Crippen LogP contribution is 2.39. The van der Waals surface area contributed by atoms with E-state index in [0.717, 1.165) is 22.5 Å². The normalized spacial score (nSPS) is 16.5. The average Bonchev–Trinajstić information content (AvgIpc) is 3.21. The van der Waals surface area contributed by atoms with Crippen LogP contribution in [0, 0.1) is 0 Å². The van der Waals surface area contributed by atoms with Crippen molar-refractivity contribution in [2.24, 2.45) is 0 Å². The Morgan fingerprint density at radius 3 is 2.63 bits per heavy atom. The van der Waals surface area contributed by atoms with Crippen molar-refractivity contribution in [1.29, 1.82) is 0 Å². The molecule has 1 aliphatic rings. The number of benzene rings is 1. The van der Waals surface area contributed by atoms with Gasteiger partial charge in [0.05, 0.1) is 5.33 Å². The predicted octanol–water partition coefficient (Wildman–Crippen LogP) is 3.24. The molecule has 1 aromatic carbocycles. The number of rotatable bonds is 5. The lowest BCUT2D eigenvalue weighted by Crippen LogP contribution is -2.12. The van der Waals surface area contributed by atoms with Gasteiger partial charge in [0.25, 0.3) is 0 Å². The van der Waals surface area contributed by atoms with Gasteiger partial charge in [0.15, 0.2) is 5.82 Å². The van der Waals surface area contributed by atoms with E-state index >= 15 is 0 Å². The van der Waals surface area contributed by atoms with E-state index in [0.29, 0.717) is 6.04 Å². The summed E-state index contributed by atoms with van der Waals surface area (Å²) in [6.45, 7) is 0. The maximum absolute atomic E-state index is 5.66. The van der Waals surface area contributed by atoms with Gasteiger partial charge in [0.1, 0.15) is 11.9 Å². The van der Waals surface area contributed by atoms with E-state index in [-0.39, 0.29) is 6.10 Å². The fraction of sp³-hybridized carbons (Fsp3) is 0.429. The summed E-state index contributed by atoms with van der Waals surface area (Å²) < 4.78 is 7.89. The lowest BCUT2D eigenvalue weighted by atomic mass is 10.1. The van der Waals surface area contributed by atoms with Gasteiger partial charge in [-0.15, -0.1) is 10.2 Å². The molecule has 0 bridgehead atoms. The first-order valence-corrected chi connectivity index (χ1v) is 7.54. The molecule has 3 rings (SSSR count). The Hall–Kier alpha value is -1.20. The monoisotopic (exact) mass is 321 g/mol. The van der Waals surface area contributed by atoms with Crippen molar-refractivity contribution in [2.75, 3.05) is 7.11 Å². The van der Waals surface area contributed by atoms with Crippen LogP contribution in [0.5, 0.6) is 0 Å². The topological polar surface area (TPSA) is 39.9 Å². The number of ether oxygens (including phenoxy) is 1. The Labute approximate surface area is 120 Å². The molecule has 4 nitrogen and oxygen atoms in total. The Bertz CT molecular complexity index is 551. The van der Waals surface area contributed by atoms with Crippen molar-refractivity contribution in [3.05, 3.63) is 47.5 Å². The first-order valence-electron chi connectivity index (χ1n) is 6.42. The van der Waals surface area contributed by atoms with E-state index in [9.17, 15) is 0 Å². The molecule has 0 amide bonds. The van der Waals surface area contributed by atoms with E-state index in [1.165, 1.54) is 12.8 Å². The summed E-state index contributed by atoms with van der Waals surface area (Å²) >= 11 is 3.48. The molecule has 1 atom stereocenters. The van der Waals surface area contributed by atoms with Crippen LogP contribution in [0.15, 0.2) is 30.3 Å². The third-order valence-corrected chi connectivity index (χ3v) is 3.90. The van der Waals surface area contributed by atoms with E-state index in [4.69, 9.17) is 4.74 Å². The van der Waals surface area contributed by atoms with Crippen molar-refractivity contribution < 1.29 is 4.74 Å². The van der Waals surface area contributed by atoms with Crippen LogP contribution in [0.3, 0.4) is 0 Å². The molecule has 100 valence electrons. The number of aromatic nitrogens is 3. The van der Waals surface area contributed by atoms with Crippen molar-refractivity contribution in [1.82, 2.24) is 14.8 Å². The van der Waals surface area contributed by atoms with Gasteiger partial charge in [-0.1, -0.05) is 46.3 Å². The SMILES string of the molecule is COC(c1ccccc1)c1nnc(CBr)n1C1CC1. The Balaban J connectivity index is 2.02. The predicted molar refractivity (Wildman–Crippen MR) is 76.2 cm³/mol. The third-order valence-electron chi connectivity index (χ3n) is 3.40. The lowest BCUT2D eigenvalue weighted by molar-refractivity contribution is 0.125. The quantitative estimate of drug-likeness (QED) is 0.794. The van der Waals surface area contributed by atoms with Crippen LogP contribution in [0.25, 0.3) is 0 Å².